The van der Waals surface area contributed by atoms with Gasteiger partial charge in [-0.1, -0.05) is 0 Å². The number of nitrogens with zero attached hydrogens (tertiary/aromatic N) is 2. The lowest BCUT2D eigenvalue weighted by Crippen LogP contribution is -2.38. The molecule has 0 spiro atoms. The second kappa shape index (κ2) is 4.46. The van der Waals surface area contributed by atoms with Gasteiger partial charge < -0.3 is 14.8 Å². The van der Waals surface area contributed by atoms with Crippen molar-refractivity contribution in [3.8, 4) is 5.88 Å². The SMILES string of the molecule is CCNc1nc(OC2COC2)c2ccsc2n1. The summed E-state index contributed by atoms with van der Waals surface area (Å²) < 4.78 is 10.9. The van der Waals surface area contributed by atoms with E-state index in [0.29, 0.717) is 25.0 Å². The summed E-state index contributed by atoms with van der Waals surface area (Å²) in [5.74, 6) is 1.28. The molecule has 90 valence electrons. The number of thiophene rings is 1. The zero-order valence-corrected chi connectivity index (χ0v) is 10.3. The summed E-state index contributed by atoms with van der Waals surface area (Å²) in [6.07, 6.45) is 0.127. The van der Waals surface area contributed by atoms with Crippen LogP contribution in [0.5, 0.6) is 5.88 Å². The van der Waals surface area contributed by atoms with E-state index < -0.39 is 0 Å². The molecule has 17 heavy (non-hydrogen) atoms. The van der Waals surface area contributed by atoms with Crippen LogP contribution in [0.1, 0.15) is 6.92 Å². The van der Waals surface area contributed by atoms with Gasteiger partial charge in [0.15, 0.2) is 0 Å². The highest BCUT2D eigenvalue weighted by molar-refractivity contribution is 7.16. The van der Waals surface area contributed by atoms with Crippen molar-refractivity contribution in [3.05, 3.63) is 11.4 Å². The number of ether oxygens (including phenoxy) is 2. The molecule has 0 unspecified atom stereocenters. The molecular formula is C11H13N3O2S. The molecule has 3 rings (SSSR count). The van der Waals surface area contributed by atoms with E-state index in [1.54, 1.807) is 11.3 Å². The number of fused-ring (bicyclic) bond motifs is 1. The predicted molar refractivity (Wildman–Crippen MR) is 66.8 cm³/mol. The Morgan fingerprint density at radius 2 is 2.41 bits per heavy atom. The predicted octanol–water partition coefficient (Wildman–Crippen LogP) is 1.90. The van der Waals surface area contributed by atoms with E-state index in [2.05, 4.69) is 15.3 Å². The molecule has 1 fully saturated rings. The van der Waals surface area contributed by atoms with Crippen LogP contribution in [0.3, 0.4) is 0 Å². The van der Waals surface area contributed by atoms with Crippen molar-refractivity contribution in [2.24, 2.45) is 0 Å². The summed E-state index contributed by atoms with van der Waals surface area (Å²) >= 11 is 1.59. The number of aromatic nitrogens is 2. The highest BCUT2D eigenvalue weighted by atomic mass is 32.1. The minimum absolute atomic E-state index is 0.127. The van der Waals surface area contributed by atoms with E-state index in [-0.39, 0.29) is 6.10 Å². The zero-order valence-electron chi connectivity index (χ0n) is 9.47. The lowest BCUT2D eigenvalue weighted by Gasteiger charge is -2.26. The Hall–Kier alpha value is -1.40. The molecular weight excluding hydrogens is 238 g/mol. The van der Waals surface area contributed by atoms with E-state index in [1.807, 2.05) is 18.4 Å². The van der Waals surface area contributed by atoms with Crippen LogP contribution in [0.25, 0.3) is 10.2 Å². The van der Waals surface area contributed by atoms with E-state index in [1.165, 1.54) is 0 Å². The van der Waals surface area contributed by atoms with Gasteiger partial charge in [0.2, 0.25) is 11.8 Å². The molecule has 0 bridgehead atoms. The van der Waals surface area contributed by atoms with Crippen molar-refractivity contribution < 1.29 is 9.47 Å². The normalized spacial score (nSPS) is 15.8. The van der Waals surface area contributed by atoms with Crippen LogP contribution in [0, 0.1) is 0 Å². The number of rotatable bonds is 4. The first-order valence-electron chi connectivity index (χ1n) is 5.60. The Bertz CT molecular complexity index is 524. The minimum Gasteiger partial charge on any atom is -0.469 e. The summed E-state index contributed by atoms with van der Waals surface area (Å²) in [5.41, 5.74) is 0. The monoisotopic (exact) mass is 251 g/mol. The second-order valence-corrected chi connectivity index (χ2v) is 4.69. The van der Waals surface area contributed by atoms with E-state index in [4.69, 9.17) is 9.47 Å². The lowest BCUT2D eigenvalue weighted by atomic mass is 10.3. The Morgan fingerprint density at radius 1 is 1.53 bits per heavy atom. The summed E-state index contributed by atoms with van der Waals surface area (Å²) in [6.45, 7) is 4.10. The van der Waals surface area contributed by atoms with Crippen LogP contribution in [0.4, 0.5) is 5.95 Å². The fourth-order valence-corrected chi connectivity index (χ4v) is 2.35. The van der Waals surface area contributed by atoms with Gasteiger partial charge in [0.1, 0.15) is 10.9 Å². The number of hydrogen-bond donors (Lipinski definition) is 1. The van der Waals surface area contributed by atoms with Crippen molar-refractivity contribution in [1.82, 2.24) is 9.97 Å². The highest BCUT2D eigenvalue weighted by Crippen LogP contribution is 2.29. The minimum atomic E-state index is 0.127. The Labute approximate surface area is 103 Å². The number of hydrogen-bond acceptors (Lipinski definition) is 6. The summed E-state index contributed by atoms with van der Waals surface area (Å²) in [6, 6.07) is 1.99. The van der Waals surface area contributed by atoms with Crippen LogP contribution >= 0.6 is 11.3 Å². The molecule has 1 aliphatic heterocycles. The van der Waals surface area contributed by atoms with Crippen molar-refractivity contribution in [2.45, 2.75) is 13.0 Å². The molecule has 1 N–H and O–H groups in total. The third-order valence-corrected chi connectivity index (χ3v) is 3.32. The fraction of sp³-hybridized carbons (Fsp3) is 0.455. The fourth-order valence-electron chi connectivity index (χ4n) is 1.60. The van der Waals surface area contributed by atoms with Gasteiger partial charge in [0.05, 0.1) is 18.6 Å². The molecule has 0 aromatic carbocycles. The van der Waals surface area contributed by atoms with Crippen molar-refractivity contribution in [1.29, 1.82) is 0 Å². The summed E-state index contributed by atoms with van der Waals surface area (Å²) in [7, 11) is 0. The first-order valence-corrected chi connectivity index (χ1v) is 6.48. The quantitative estimate of drug-likeness (QED) is 0.899. The number of nitrogens with one attached hydrogen (secondary N) is 1. The topological polar surface area (TPSA) is 56.3 Å². The first-order chi connectivity index (χ1) is 8.36. The molecule has 5 nitrogen and oxygen atoms in total. The maximum atomic E-state index is 5.80. The van der Waals surface area contributed by atoms with E-state index >= 15 is 0 Å². The first kappa shape index (κ1) is 10.7. The summed E-state index contributed by atoms with van der Waals surface area (Å²) in [5, 5.41) is 6.09. The maximum absolute atomic E-state index is 5.80. The third-order valence-electron chi connectivity index (χ3n) is 2.51. The molecule has 1 saturated heterocycles. The smallest absolute Gasteiger partial charge is 0.227 e. The number of anilines is 1. The molecule has 0 saturated carbocycles. The Kier molecular flexibility index (Phi) is 2.82. The van der Waals surface area contributed by atoms with Gasteiger partial charge in [-0.3, -0.25) is 0 Å². The van der Waals surface area contributed by atoms with Crippen LogP contribution in [-0.2, 0) is 4.74 Å². The van der Waals surface area contributed by atoms with Gasteiger partial charge in [-0.2, -0.15) is 4.98 Å². The van der Waals surface area contributed by atoms with Gasteiger partial charge in [0, 0.05) is 6.54 Å². The van der Waals surface area contributed by atoms with E-state index in [0.717, 1.165) is 16.8 Å². The molecule has 3 heterocycles. The largest absolute Gasteiger partial charge is 0.469 e. The van der Waals surface area contributed by atoms with E-state index in [9.17, 15) is 0 Å². The lowest BCUT2D eigenvalue weighted by molar-refractivity contribution is -0.0806. The standard InChI is InChI=1S/C11H13N3O2S/c1-2-12-11-13-9(16-7-5-15-6-7)8-3-4-17-10(8)14-11/h3-4,7H,2,5-6H2,1H3,(H,12,13,14). The van der Waals surface area contributed by atoms with Gasteiger partial charge in [-0.05, 0) is 18.4 Å². The molecule has 0 radical (unpaired) electrons. The van der Waals surface area contributed by atoms with Crippen molar-refractivity contribution in [3.63, 3.8) is 0 Å². The second-order valence-electron chi connectivity index (χ2n) is 3.80. The third kappa shape index (κ3) is 2.05. The Balaban J connectivity index is 1.96. The molecule has 2 aromatic rings. The van der Waals surface area contributed by atoms with Gasteiger partial charge in [0.25, 0.3) is 0 Å². The van der Waals surface area contributed by atoms with Crippen LogP contribution in [0.15, 0.2) is 11.4 Å². The van der Waals surface area contributed by atoms with Crippen LogP contribution in [0.2, 0.25) is 0 Å². The highest BCUT2D eigenvalue weighted by Gasteiger charge is 2.22. The molecule has 0 amide bonds. The molecule has 1 aliphatic rings. The van der Waals surface area contributed by atoms with Crippen molar-refractivity contribution >= 4 is 27.5 Å². The molecule has 6 heteroatoms. The van der Waals surface area contributed by atoms with Gasteiger partial charge in [-0.25, -0.2) is 4.98 Å². The van der Waals surface area contributed by atoms with Gasteiger partial charge >= 0.3 is 0 Å². The Morgan fingerprint density at radius 3 is 3.12 bits per heavy atom. The maximum Gasteiger partial charge on any atom is 0.227 e. The molecule has 0 aliphatic carbocycles. The van der Waals surface area contributed by atoms with Crippen LogP contribution in [-0.4, -0.2) is 35.8 Å². The average Bonchev–Trinajstić information content (AvgIpc) is 2.71. The average molecular weight is 251 g/mol. The van der Waals surface area contributed by atoms with Crippen LogP contribution < -0.4 is 10.1 Å². The van der Waals surface area contributed by atoms with Gasteiger partial charge in [-0.15, -0.1) is 11.3 Å². The summed E-state index contributed by atoms with van der Waals surface area (Å²) in [4.78, 5) is 9.76. The van der Waals surface area contributed by atoms with Crippen molar-refractivity contribution in [2.75, 3.05) is 25.1 Å². The molecule has 2 aromatic heterocycles. The zero-order chi connectivity index (χ0) is 11.7. The molecule has 0 atom stereocenters.